The molecular weight excluding hydrogens is 305 g/mol. The first-order chi connectivity index (χ1) is 10.3. The minimum atomic E-state index is -0.422. The van der Waals surface area contributed by atoms with Gasteiger partial charge in [0.1, 0.15) is 23.9 Å². The Morgan fingerprint density at radius 3 is 2.64 bits per heavy atom. The number of aromatic hydroxyl groups is 1. The highest BCUT2D eigenvalue weighted by Gasteiger charge is 2.16. The van der Waals surface area contributed by atoms with Crippen LogP contribution in [0.25, 0.3) is 0 Å². The van der Waals surface area contributed by atoms with Gasteiger partial charge in [0, 0.05) is 11.6 Å². The molecule has 0 unspecified atom stereocenters. The van der Waals surface area contributed by atoms with E-state index in [9.17, 15) is 9.50 Å². The quantitative estimate of drug-likeness (QED) is 0.883. The Morgan fingerprint density at radius 2 is 2.05 bits per heavy atom. The van der Waals surface area contributed by atoms with E-state index in [0.717, 1.165) is 0 Å². The number of halogens is 2. The third kappa shape index (κ3) is 4.34. The van der Waals surface area contributed by atoms with E-state index >= 15 is 0 Å². The number of hydrogen-bond acceptors (Lipinski definition) is 3. The third-order valence-corrected chi connectivity index (χ3v) is 3.42. The summed E-state index contributed by atoms with van der Waals surface area (Å²) in [4.78, 5) is 4.22. The maximum Gasteiger partial charge on any atom is 0.141 e. The molecule has 0 aliphatic carbocycles. The summed E-state index contributed by atoms with van der Waals surface area (Å²) in [5.41, 5.74) is 0.916. The molecule has 0 spiro atoms. The lowest BCUT2D eigenvalue weighted by Crippen LogP contribution is -2.10. The zero-order chi connectivity index (χ0) is 16.3. The number of aromatic nitrogens is 1. The molecule has 0 aliphatic rings. The maximum atomic E-state index is 13.7. The molecule has 5 heteroatoms. The second-order valence-electron chi connectivity index (χ2n) is 6.36. The fraction of sp³-hybridized carbons (Fsp3) is 0.353. The SMILES string of the molecule is CC(C)(C)Cc1ncc(OCc2c(F)cccc2Cl)cc1O. The van der Waals surface area contributed by atoms with Gasteiger partial charge in [-0.15, -0.1) is 0 Å². The minimum absolute atomic E-state index is 0.0214. The first kappa shape index (κ1) is 16.6. The van der Waals surface area contributed by atoms with Gasteiger partial charge in [-0.3, -0.25) is 4.98 Å². The van der Waals surface area contributed by atoms with Gasteiger partial charge in [0.2, 0.25) is 0 Å². The molecule has 1 heterocycles. The van der Waals surface area contributed by atoms with Crippen molar-refractivity contribution >= 4 is 11.6 Å². The minimum Gasteiger partial charge on any atom is -0.506 e. The number of benzene rings is 1. The highest BCUT2D eigenvalue weighted by molar-refractivity contribution is 6.31. The van der Waals surface area contributed by atoms with Gasteiger partial charge >= 0.3 is 0 Å². The summed E-state index contributed by atoms with van der Waals surface area (Å²) in [7, 11) is 0. The van der Waals surface area contributed by atoms with Crippen LogP contribution >= 0.6 is 11.6 Å². The van der Waals surface area contributed by atoms with Crippen molar-refractivity contribution in [2.24, 2.45) is 5.41 Å². The van der Waals surface area contributed by atoms with E-state index in [2.05, 4.69) is 25.8 Å². The van der Waals surface area contributed by atoms with E-state index in [0.29, 0.717) is 22.9 Å². The molecule has 0 saturated carbocycles. The topological polar surface area (TPSA) is 42.4 Å². The van der Waals surface area contributed by atoms with Gasteiger partial charge in [0.25, 0.3) is 0 Å². The Labute approximate surface area is 134 Å². The summed E-state index contributed by atoms with van der Waals surface area (Å²) in [5, 5.41) is 10.3. The molecule has 22 heavy (non-hydrogen) atoms. The molecule has 2 rings (SSSR count). The van der Waals surface area contributed by atoms with E-state index < -0.39 is 5.82 Å². The van der Waals surface area contributed by atoms with Crippen LogP contribution in [0.2, 0.25) is 5.02 Å². The van der Waals surface area contributed by atoms with Crippen LogP contribution in [0.15, 0.2) is 30.5 Å². The molecule has 0 aliphatic heterocycles. The molecule has 0 bridgehead atoms. The molecule has 2 aromatic rings. The number of rotatable bonds is 4. The Balaban J connectivity index is 2.10. The molecule has 0 saturated heterocycles. The Morgan fingerprint density at radius 1 is 1.32 bits per heavy atom. The van der Waals surface area contributed by atoms with Crippen molar-refractivity contribution in [3.05, 3.63) is 52.6 Å². The monoisotopic (exact) mass is 323 g/mol. The lowest BCUT2D eigenvalue weighted by molar-refractivity contribution is 0.295. The van der Waals surface area contributed by atoms with Crippen LogP contribution in [0.1, 0.15) is 32.0 Å². The summed E-state index contributed by atoms with van der Waals surface area (Å²) in [6, 6.07) is 5.96. The largest absolute Gasteiger partial charge is 0.506 e. The molecule has 0 amide bonds. The van der Waals surface area contributed by atoms with E-state index in [1.807, 2.05) is 0 Å². The smallest absolute Gasteiger partial charge is 0.141 e. The van der Waals surface area contributed by atoms with Gasteiger partial charge in [0.05, 0.1) is 16.9 Å². The Hall–Kier alpha value is -1.81. The summed E-state index contributed by atoms with van der Waals surface area (Å²) in [6.45, 7) is 6.18. The van der Waals surface area contributed by atoms with Crippen molar-refractivity contribution < 1.29 is 14.2 Å². The average Bonchev–Trinajstić information content (AvgIpc) is 2.40. The molecule has 1 aromatic carbocycles. The number of hydrogen-bond donors (Lipinski definition) is 1. The molecule has 1 N–H and O–H groups in total. The second kappa shape index (κ2) is 6.53. The standard InChI is InChI=1S/C17H19ClFNO2/c1-17(2,3)8-15-16(21)7-11(9-20-15)22-10-12-13(18)5-4-6-14(12)19/h4-7,9,21H,8,10H2,1-3H3. The molecule has 3 nitrogen and oxygen atoms in total. The van der Waals surface area contributed by atoms with Crippen molar-refractivity contribution in [1.82, 2.24) is 4.98 Å². The van der Waals surface area contributed by atoms with Crippen LogP contribution in [0, 0.1) is 11.2 Å². The zero-order valence-corrected chi connectivity index (χ0v) is 13.6. The second-order valence-corrected chi connectivity index (χ2v) is 6.77. The van der Waals surface area contributed by atoms with Crippen LogP contribution < -0.4 is 4.74 Å². The van der Waals surface area contributed by atoms with Gasteiger partial charge in [-0.1, -0.05) is 38.4 Å². The van der Waals surface area contributed by atoms with Crippen LogP contribution in [-0.2, 0) is 13.0 Å². The predicted octanol–water partition coefficient (Wildman–Crippen LogP) is 4.75. The third-order valence-electron chi connectivity index (χ3n) is 3.06. The number of ether oxygens (including phenoxy) is 1. The van der Waals surface area contributed by atoms with E-state index in [4.69, 9.17) is 16.3 Å². The van der Waals surface area contributed by atoms with E-state index in [-0.39, 0.29) is 23.3 Å². The van der Waals surface area contributed by atoms with Gasteiger partial charge in [-0.05, 0) is 24.0 Å². The highest BCUT2D eigenvalue weighted by Crippen LogP contribution is 2.28. The molecular formula is C17H19ClFNO2. The summed E-state index contributed by atoms with van der Waals surface area (Å²) < 4.78 is 19.1. The number of pyridine rings is 1. The lowest BCUT2D eigenvalue weighted by atomic mass is 9.90. The Kier molecular flexibility index (Phi) is 4.91. The summed E-state index contributed by atoms with van der Waals surface area (Å²) >= 11 is 5.94. The normalized spacial score (nSPS) is 11.5. The first-order valence-electron chi connectivity index (χ1n) is 7.00. The highest BCUT2D eigenvalue weighted by atomic mass is 35.5. The van der Waals surface area contributed by atoms with E-state index in [1.54, 1.807) is 6.07 Å². The van der Waals surface area contributed by atoms with E-state index in [1.165, 1.54) is 24.4 Å². The van der Waals surface area contributed by atoms with Gasteiger partial charge in [-0.2, -0.15) is 0 Å². The molecule has 118 valence electrons. The fourth-order valence-electron chi connectivity index (χ4n) is 2.01. The zero-order valence-electron chi connectivity index (χ0n) is 12.9. The average molecular weight is 324 g/mol. The molecule has 0 atom stereocenters. The molecule has 1 aromatic heterocycles. The number of nitrogens with zero attached hydrogens (tertiary/aromatic N) is 1. The molecule has 0 fully saturated rings. The van der Waals surface area contributed by atoms with Crippen LogP contribution in [0.4, 0.5) is 4.39 Å². The Bertz CT molecular complexity index is 648. The van der Waals surface area contributed by atoms with Crippen LogP contribution in [-0.4, -0.2) is 10.1 Å². The summed E-state index contributed by atoms with van der Waals surface area (Å²) in [6.07, 6.45) is 2.17. The fourth-order valence-corrected chi connectivity index (χ4v) is 2.22. The van der Waals surface area contributed by atoms with Gasteiger partial charge in [-0.25, -0.2) is 4.39 Å². The van der Waals surface area contributed by atoms with Gasteiger partial charge in [0.15, 0.2) is 0 Å². The maximum absolute atomic E-state index is 13.7. The van der Waals surface area contributed by atoms with Crippen molar-refractivity contribution in [1.29, 1.82) is 0 Å². The van der Waals surface area contributed by atoms with Crippen molar-refractivity contribution in [3.8, 4) is 11.5 Å². The van der Waals surface area contributed by atoms with Crippen LogP contribution in [0.3, 0.4) is 0 Å². The van der Waals surface area contributed by atoms with Crippen molar-refractivity contribution in [2.75, 3.05) is 0 Å². The van der Waals surface area contributed by atoms with Crippen molar-refractivity contribution in [2.45, 2.75) is 33.8 Å². The van der Waals surface area contributed by atoms with Crippen molar-refractivity contribution in [3.63, 3.8) is 0 Å². The van der Waals surface area contributed by atoms with Gasteiger partial charge < -0.3 is 9.84 Å². The van der Waals surface area contributed by atoms with Crippen LogP contribution in [0.5, 0.6) is 11.5 Å². The summed E-state index contributed by atoms with van der Waals surface area (Å²) in [5.74, 6) is 0.0237. The first-order valence-corrected chi connectivity index (χ1v) is 7.37. The molecule has 0 radical (unpaired) electrons. The predicted molar refractivity (Wildman–Crippen MR) is 84.8 cm³/mol. The lowest BCUT2D eigenvalue weighted by Gasteiger charge is -2.18.